The van der Waals surface area contributed by atoms with Crippen molar-refractivity contribution in [3.05, 3.63) is 29.8 Å². The van der Waals surface area contributed by atoms with Crippen molar-refractivity contribution in [2.45, 2.75) is 38.1 Å². The Morgan fingerprint density at radius 3 is 2.86 bits per heavy atom. The molecule has 1 saturated heterocycles. The Kier molecular flexibility index (Phi) is 6.99. The SMILES string of the molecule is COc1ccccc1C(C)CC(=O)N1CCCC1CN.Cl. The number of rotatable bonds is 5. The van der Waals surface area contributed by atoms with Gasteiger partial charge in [-0.3, -0.25) is 4.79 Å². The van der Waals surface area contributed by atoms with E-state index >= 15 is 0 Å². The molecule has 1 aromatic carbocycles. The van der Waals surface area contributed by atoms with Gasteiger partial charge in [0.15, 0.2) is 0 Å². The van der Waals surface area contributed by atoms with Gasteiger partial charge < -0.3 is 15.4 Å². The second kappa shape index (κ2) is 8.25. The maximum Gasteiger partial charge on any atom is 0.223 e. The molecular formula is C16H25ClN2O2. The highest BCUT2D eigenvalue weighted by Gasteiger charge is 2.28. The van der Waals surface area contributed by atoms with Gasteiger partial charge in [-0.15, -0.1) is 12.4 Å². The molecule has 0 saturated carbocycles. The van der Waals surface area contributed by atoms with Crippen molar-refractivity contribution in [3.63, 3.8) is 0 Å². The van der Waals surface area contributed by atoms with Crippen LogP contribution in [0.5, 0.6) is 5.75 Å². The molecule has 2 unspecified atom stereocenters. The Bertz CT molecular complexity index is 467. The number of nitrogens with two attached hydrogens (primary N) is 1. The van der Waals surface area contributed by atoms with Gasteiger partial charge in [-0.25, -0.2) is 0 Å². The predicted octanol–water partition coefficient (Wildman–Crippen LogP) is 2.56. The lowest BCUT2D eigenvalue weighted by atomic mass is 9.96. The van der Waals surface area contributed by atoms with E-state index in [0.29, 0.717) is 13.0 Å². The normalized spacial score (nSPS) is 19.0. The summed E-state index contributed by atoms with van der Waals surface area (Å²) in [5.41, 5.74) is 6.83. The third kappa shape index (κ3) is 4.11. The molecule has 0 bridgehead atoms. The highest BCUT2D eigenvalue weighted by Crippen LogP contribution is 2.29. The first-order valence-corrected chi connectivity index (χ1v) is 7.29. The van der Waals surface area contributed by atoms with E-state index in [1.807, 2.05) is 29.2 Å². The smallest absolute Gasteiger partial charge is 0.223 e. The lowest BCUT2D eigenvalue weighted by molar-refractivity contribution is -0.132. The third-order valence-corrected chi connectivity index (χ3v) is 4.12. The van der Waals surface area contributed by atoms with Crippen molar-refractivity contribution in [1.82, 2.24) is 4.90 Å². The van der Waals surface area contributed by atoms with Crippen LogP contribution in [0.3, 0.4) is 0 Å². The highest BCUT2D eigenvalue weighted by molar-refractivity contribution is 5.85. The second-order valence-electron chi connectivity index (χ2n) is 5.47. The summed E-state index contributed by atoms with van der Waals surface area (Å²) in [7, 11) is 1.66. The quantitative estimate of drug-likeness (QED) is 0.909. The summed E-state index contributed by atoms with van der Waals surface area (Å²) in [4.78, 5) is 14.4. The first kappa shape index (κ1) is 17.8. The summed E-state index contributed by atoms with van der Waals surface area (Å²) in [5, 5.41) is 0. The van der Waals surface area contributed by atoms with Gasteiger partial charge in [0.05, 0.1) is 7.11 Å². The molecule has 1 fully saturated rings. The zero-order valence-electron chi connectivity index (χ0n) is 12.7. The van der Waals surface area contributed by atoms with E-state index in [1.54, 1.807) is 7.11 Å². The summed E-state index contributed by atoms with van der Waals surface area (Å²) in [6, 6.07) is 8.13. The van der Waals surface area contributed by atoms with E-state index in [2.05, 4.69) is 6.92 Å². The Labute approximate surface area is 133 Å². The summed E-state index contributed by atoms with van der Waals surface area (Å²) < 4.78 is 5.37. The molecule has 1 heterocycles. The fourth-order valence-corrected chi connectivity index (χ4v) is 2.97. The number of methoxy groups -OCH3 is 1. The predicted molar refractivity (Wildman–Crippen MR) is 87.1 cm³/mol. The van der Waals surface area contributed by atoms with Gasteiger partial charge in [-0.2, -0.15) is 0 Å². The molecule has 1 amide bonds. The summed E-state index contributed by atoms with van der Waals surface area (Å²) >= 11 is 0. The van der Waals surface area contributed by atoms with Crippen LogP contribution in [0.25, 0.3) is 0 Å². The zero-order valence-corrected chi connectivity index (χ0v) is 13.6. The molecule has 0 radical (unpaired) electrons. The monoisotopic (exact) mass is 312 g/mol. The van der Waals surface area contributed by atoms with Crippen LogP contribution in [0.1, 0.15) is 37.7 Å². The minimum Gasteiger partial charge on any atom is -0.496 e. The Morgan fingerprint density at radius 2 is 2.19 bits per heavy atom. The number of ether oxygens (including phenoxy) is 1. The molecule has 2 N–H and O–H groups in total. The van der Waals surface area contributed by atoms with E-state index in [9.17, 15) is 4.79 Å². The van der Waals surface area contributed by atoms with Crippen LogP contribution in [0, 0.1) is 0 Å². The van der Waals surface area contributed by atoms with Gasteiger partial charge in [0.25, 0.3) is 0 Å². The molecule has 2 atom stereocenters. The van der Waals surface area contributed by atoms with Crippen molar-refractivity contribution in [2.24, 2.45) is 5.73 Å². The van der Waals surface area contributed by atoms with Crippen LogP contribution in [0.15, 0.2) is 24.3 Å². The van der Waals surface area contributed by atoms with Gasteiger partial charge in [-0.05, 0) is 30.4 Å². The molecule has 0 aromatic heterocycles. The molecule has 2 rings (SSSR count). The third-order valence-electron chi connectivity index (χ3n) is 4.12. The number of hydrogen-bond donors (Lipinski definition) is 1. The molecular weight excluding hydrogens is 288 g/mol. The highest BCUT2D eigenvalue weighted by atomic mass is 35.5. The number of benzene rings is 1. The average Bonchev–Trinajstić information content (AvgIpc) is 2.95. The molecule has 21 heavy (non-hydrogen) atoms. The Hall–Kier alpha value is -1.26. The standard InChI is InChI=1S/C16H24N2O2.ClH/c1-12(14-7-3-4-8-15(14)20-2)10-16(19)18-9-5-6-13(18)11-17;/h3-4,7-8,12-13H,5-6,9-11,17H2,1-2H3;1H. The minimum atomic E-state index is 0. The Balaban J connectivity index is 0.00000220. The van der Waals surface area contributed by atoms with E-state index in [-0.39, 0.29) is 30.3 Å². The van der Waals surface area contributed by atoms with Gasteiger partial charge in [0.2, 0.25) is 5.91 Å². The first-order valence-electron chi connectivity index (χ1n) is 7.29. The fraction of sp³-hybridized carbons (Fsp3) is 0.562. The van der Waals surface area contributed by atoms with Crippen LogP contribution >= 0.6 is 12.4 Å². The zero-order chi connectivity index (χ0) is 14.5. The molecule has 1 aliphatic rings. The average molecular weight is 313 g/mol. The van der Waals surface area contributed by atoms with Crippen molar-refractivity contribution >= 4 is 18.3 Å². The van der Waals surface area contributed by atoms with Crippen molar-refractivity contribution < 1.29 is 9.53 Å². The maximum atomic E-state index is 12.4. The lowest BCUT2D eigenvalue weighted by Crippen LogP contribution is -2.40. The van der Waals surface area contributed by atoms with Gasteiger partial charge >= 0.3 is 0 Å². The van der Waals surface area contributed by atoms with E-state index in [0.717, 1.165) is 30.7 Å². The lowest BCUT2D eigenvalue weighted by Gasteiger charge is -2.25. The van der Waals surface area contributed by atoms with E-state index < -0.39 is 0 Å². The summed E-state index contributed by atoms with van der Waals surface area (Å²) in [6.45, 7) is 3.48. The molecule has 5 heteroatoms. The number of carbonyl (C=O) groups excluding carboxylic acids is 1. The number of likely N-dealkylation sites (tertiary alicyclic amines) is 1. The number of nitrogens with zero attached hydrogens (tertiary/aromatic N) is 1. The number of carbonyl (C=O) groups is 1. The van der Waals surface area contributed by atoms with Gasteiger partial charge in [0.1, 0.15) is 5.75 Å². The van der Waals surface area contributed by atoms with Crippen molar-refractivity contribution in [1.29, 1.82) is 0 Å². The van der Waals surface area contributed by atoms with Crippen molar-refractivity contribution in [2.75, 3.05) is 20.2 Å². The largest absolute Gasteiger partial charge is 0.496 e. The topological polar surface area (TPSA) is 55.6 Å². The van der Waals surface area contributed by atoms with Crippen LogP contribution < -0.4 is 10.5 Å². The Morgan fingerprint density at radius 1 is 1.48 bits per heavy atom. The number of para-hydroxylation sites is 1. The van der Waals surface area contributed by atoms with Crippen molar-refractivity contribution in [3.8, 4) is 5.75 Å². The van der Waals surface area contributed by atoms with Crippen LogP contribution in [-0.2, 0) is 4.79 Å². The molecule has 118 valence electrons. The maximum absolute atomic E-state index is 12.4. The number of hydrogen-bond acceptors (Lipinski definition) is 3. The van der Waals surface area contributed by atoms with Crippen LogP contribution in [-0.4, -0.2) is 37.0 Å². The van der Waals surface area contributed by atoms with E-state index in [1.165, 1.54) is 0 Å². The second-order valence-corrected chi connectivity index (χ2v) is 5.47. The van der Waals surface area contributed by atoms with Crippen LogP contribution in [0.2, 0.25) is 0 Å². The number of halogens is 1. The van der Waals surface area contributed by atoms with E-state index in [4.69, 9.17) is 10.5 Å². The summed E-state index contributed by atoms with van der Waals surface area (Å²) in [5.74, 6) is 1.21. The molecule has 4 nitrogen and oxygen atoms in total. The van der Waals surface area contributed by atoms with Gasteiger partial charge in [0, 0.05) is 25.6 Å². The molecule has 0 spiro atoms. The van der Waals surface area contributed by atoms with Gasteiger partial charge in [-0.1, -0.05) is 25.1 Å². The fourth-order valence-electron chi connectivity index (χ4n) is 2.97. The van der Waals surface area contributed by atoms with Crippen LogP contribution in [0.4, 0.5) is 0 Å². The summed E-state index contributed by atoms with van der Waals surface area (Å²) in [6.07, 6.45) is 2.61. The molecule has 1 aliphatic heterocycles. The minimum absolute atomic E-state index is 0. The molecule has 0 aliphatic carbocycles. The first-order chi connectivity index (χ1) is 9.67. The molecule has 1 aromatic rings. The number of amides is 1.